The average molecular weight is 188 g/mol. The zero-order valence-corrected chi connectivity index (χ0v) is 7.62. The Kier molecular flexibility index (Phi) is 4.74. The van der Waals surface area contributed by atoms with Crippen LogP contribution < -0.4 is 11.2 Å². The monoisotopic (exact) mass is 188 g/mol. The molecule has 1 atom stereocenters. The highest BCUT2D eigenvalue weighted by atomic mass is 16.8. The Hall–Kier alpha value is -0.650. The Labute approximate surface area is 77.5 Å². The van der Waals surface area contributed by atoms with Crippen LogP contribution in [0.5, 0.6) is 0 Å². The van der Waals surface area contributed by atoms with Gasteiger partial charge in [-0.25, -0.2) is 10.3 Å². The van der Waals surface area contributed by atoms with Crippen molar-refractivity contribution in [3.8, 4) is 0 Å². The molecule has 76 valence electrons. The van der Waals surface area contributed by atoms with Gasteiger partial charge in [0.05, 0.1) is 0 Å². The van der Waals surface area contributed by atoms with E-state index in [9.17, 15) is 4.79 Å². The number of nitrogens with one attached hydrogen (secondary N) is 1. The highest BCUT2D eigenvalue weighted by molar-refractivity contribution is 5.74. The van der Waals surface area contributed by atoms with Crippen LogP contribution in [0.15, 0.2) is 0 Å². The van der Waals surface area contributed by atoms with E-state index in [2.05, 4.69) is 5.48 Å². The molecule has 1 heterocycles. The molecule has 1 unspecified atom stereocenters. The van der Waals surface area contributed by atoms with Crippen molar-refractivity contribution in [3.05, 3.63) is 0 Å². The molecule has 0 bridgehead atoms. The molecular formula is C8H16N2O3. The summed E-state index contributed by atoms with van der Waals surface area (Å²) in [5.41, 5.74) is 7.50. The van der Waals surface area contributed by atoms with Crippen molar-refractivity contribution >= 4 is 5.91 Å². The third-order valence-corrected chi connectivity index (χ3v) is 1.81. The second kappa shape index (κ2) is 5.90. The zero-order valence-electron chi connectivity index (χ0n) is 7.62. The van der Waals surface area contributed by atoms with Crippen LogP contribution in [0.3, 0.4) is 0 Å². The maximum Gasteiger partial charge on any atom is 0.244 e. The van der Waals surface area contributed by atoms with Crippen LogP contribution in [0.2, 0.25) is 0 Å². The lowest BCUT2D eigenvalue weighted by molar-refractivity contribution is -0.200. The molecule has 0 spiro atoms. The van der Waals surface area contributed by atoms with Crippen molar-refractivity contribution in [2.75, 3.05) is 13.2 Å². The predicted octanol–water partition coefficient (Wildman–Crippen LogP) is -0.0904. The summed E-state index contributed by atoms with van der Waals surface area (Å²) in [7, 11) is 0. The molecule has 5 nitrogen and oxygen atoms in total. The lowest BCUT2D eigenvalue weighted by Gasteiger charge is -2.21. The number of hydrogen-bond acceptors (Lipinski definition) is 4. The highest BCUT2D eigenvalue weighted by Crippen LogP contribution is 2.12. The fourth-order valence-corrected chi connectivity index (χ4v) is 1.12. The quantitative estimate of drug-likeness (QED) is 0.605. The van der Waals surface area contributed by atoms with Gasteiger partial charge in [-0.2, -0.15) is 0 Å². The van der Waals surface area contributed by atoms with Gasteiger partial charge in [-0.05, 0) is 12.8 Å². The van der Waals surface area contributed by atoms with Crippen LogP contribution >= 0.6 is 0 Å². The van der Waals surface area contributed by atoms with Gasteiger partial charge in [-0.3, -0.25) is 4.79 Å². The molecule has 0 aromatic carbocycles. The van der Waals surface area contributed by atoms with Gasteiger partial charge in [0.25, 0.3) is 0 Å². The summed E-state index contributed by atoms with van der Waals surface area (Å²) in [4.78, 5) is 15.9. The molecule has 1 aliphatic heterocycles. The van der Waals surface area contributed by atoms with E-state index in [1.807, 2.05) is 0 Å². The summed E-state index contributed by atoms with van der Waals surface area (Å²) in [5, 5.41) is 0. The lowest BCUT2D eigenvalue weighted by atomic mass is 10.2. The molecule has 0 radical (unpaired) electrons. The van der Waals surface area contributed by atoms with Gasteiger partial charge < -0.3 is 10.5 Å². The van der Waals surface area contributed by atoms with Gasteiger partial charge in [-0.15, -0.1) is 0 Å². The largest absolute Gasteiger partial charge is 0.350 e. The standard InChI is InChI=1S/C8H16N2O3/c9-5-4-7(11)10-13-8-3-1-2-6-12-8/h8H,1-6,9H2,(H,10,11). The topological polar surface area (TPSA) is 73.6 Å². The first-order valence-electron chi connectivity index (χ1n) is 4.59. The minimum Gasteiger partial charge on any atom is -0.350 e. The number of rotatable bonds is 4. The minimum absolute atomic E-state index is 0.198. The Morgan fingerprint density at radius 2 is 2.46 bits per heavy atom. The van der Waals surface area contributed by atoms with E-state index in [4.69, 9.17) is 15.3 Å². The van der Waals surface area contributed by atoms with Gasteiger partial charge >= 0.3 is 0 Å². The molecule has 0 aromatic rings. The van der Waals surface area contributed by atoms with Crippen LogP contribution in [0, 0.1) is 0 Å². The summed E-state index contributed by atoms with van der Waals surface area (Å²) in [6, 6.07) is 0. The van der Waals surface area contributed by atoms with E-state index in [0.717, 1.165) is 19.3 Å². The first-order valence-corrected chi connectivity index (χ1v) is 4.59. The highest BCUT2D eigenvalue weighted by Gasteiger charge is 2.15. The predicted molar refractivity (Wildman–Crippen MR) is 46.5 cm³/mol. The van der Waals surface area contributed by atoms with Crippen molar-refractivity contribution in [1.29, 1.82) is 0 Å². The third-order valence-electron chi connectivity index (χ3n) is 1.81. The molecular weight excluding hydrogens is 172 g/mol. The second-order valence-corrected chi connectivity index (χ2v) is 2.98. The van der Waals surface area contributed by atoms with E-state index >= 15 is 0 Å². The van der Waals surface area contributed by atoms with E-state index in [1.54, 1.807) is 0 Å². The summed E-state index contributed by atoms with van der Waals surface area (Å²) >= 11 is 0. The van der Waals surface area contributed by atoms with Crippen LogP contribution in [-0.4, -0.2) is 25.3 Å². The SMILES string of the molecule is NCCC(=O)NOC1CCCCO1. The van der Waals surface area contributed by atoms with Crippen molar-refractivity contribution in [2.24, 2.45) is 5.73 Å². The smallest absolute Gasteiger partial charge is 0.244 e. The van der Waals surface area contributed by atoms with Crippen molar-refractivity contribution < 1.29 is 14.4 Å². The molecule has 1 rings (SSSR count). The number of carbonyl (C=O) groups is 1. The number of ether oxygens (including phenoxy) is 1. The second-order valence-electron chi connectivity index (χ2n) is 2.98. The molecule has 3 N–H and O–H groups in total. The van der Waals surface area contributed by atoms with E-state index in [1.165, 1.54) is 0 Å². The summed E-state index contributed by atoms with van der Waals surface area (Å²) in [6.45, 7) is 1.04. The number of hydrogen-bond donors (Lipinski definition) is 2. The first-order chi connectivity index (χ1) is 6.33. The van der Waals surface area contributed by atoms with E-state index < -0.39 is 0 Å². The zero-order chi connectivity index (χ0) is 9.52. The average Bonchev–Trinajstić information content (AvgIpc) is 2.17. The number of amides is 1. The number of nitrogens with two attached hydrogens (primary N) is 1. The molecule has 0 aliphatic carbocycles. The van der Waals surface area contributed by atoms with Crippen LogP contribution in [0.25, 0.3) is 0 Å². The minimum atomic E-state index is -0.282. The molecule has 1 amide bonds. The molecule has 13 heavy (non-hydrogen) atoms. The Morgan fingerprint density at radius 1 is 1.62 bits per heavy atom. The van der Waals surface area contributed by atoms with Crippen molar-refractivity contribution in [3.63, 3.8) is 0 Å². The van der Waals surface area contributed by atoms with Gasteiger partial charge in [-0.1, -0.05) is 0 Å². The molecule has 1 saturated heterocycles. The number of carbonyl (C=O) groups excluding carboxylic acids is 1. The first kappa shape index (κ1) is 10.4. The molecule has 0 aromatic heterocycles. The van der Waals surface area contributed by atoms with Crippen LogP contribution in [-0.2, 0) is 14.4 Å². The van der Waals surface area contributed by atoms with Crippen LogP contribution in [0.4, 0.5) is 0 Å². The maximum atomic E-state index is 10.9. The van der Waals surface area contributed by atoms with E-state index in [0.29, 0.717) is 13.2 Å². The van der Waals surface area contributed by atoms with Crippen LogP contribution in [0.1, 0.15) is 25.7 Å². The fraction of sp³-hybridized carbons (Fsp3) is 0.875. The van der Waals surface area contributed by atoms with Crippen molar-refractivity contribution in [2.45, 2.75) is 32.0 Å². The molecule has 0 saturated carbocycles. The van der Waals surface area contributed by atoms with Gasteiger partial charge in [0.2, 0.25) is 5.91 Å². The third kappa shape index (κ3) is 4.21. The normalized spacial score (nSPS) is 22.7. The maximum absolute atomic E-state index is 10.9. The Morgan fingerprint density at radius 3 is 3.08 bits per heavy atom. The summed E-state index contributed by atoms with van der Waals surface area (Å²) in [6.07, 6.45) is 2.99. The molecule has 1 fully saturated rings. The Balaban J connectivity index is 2.06. The fourth-order valence-electron chi connectivity index (χ4n) is 1.12. The number of hydroxylamine groups is 1. The molecule has 1 aliphatic rings. The lowest BCUT2D eigenvalue weighted by Crippen LogP contribution is -2.33. The summed E-state index contributed by atoms with van der Waals surface area (Å²) in [5.74, 6) is -0.198. The van der Waals surface area contributed by atoms with Crippen molar-refractivity contribution in [1.82, 2.24) is 5.48 Å². The van der Waals surface area contributed by atoms with Gasteiger partial charge in [0.15, 0.2) is 6.29 Å². The summed E-state index contributed by atoms with van der Waals surface area (Å²) < 4.78 is 5.24. The van der Waals surface area contributed by atoms with Gasteiger partial charge in [0.1, 0.15) is 0 Å². The van der Waals surface area contributed by atoms with E-state index in [-0.39, 0.29) is 18.6 Å². The Bertz CT molecular complexity index is 157. The van der Waals surface area contributed by atoms with Gasteiger partial charge in [0, 0.05) is 26.0 Å². The molecule has 5 heteroatoms.